The van der Waals surface area contributed by atoms with E-state index in [1.807, 2.05) is 24.5 Å². The van der Waals surface area contributed by atoms with E-state index in [1.54, 1.807) is 0 Å². The maximum Gasteiger partial charge on any atom is 0.0453 e. The molecule has 20 heavy (non-hydrogen) atoms. The molecule has 2 heterocycles. The van der Waals surface area contributed by atoms with E-state index in [0.29, 0.717) is 12.0 Å². The van der Waals surface area contributed by atoms with Crippen molar-refractivity contribution in [1.82, 2.24) is 10.3 Å². The number of hydrogen-bond donors (Lipinski definition) is 1. The Labute approximate surface area is 125 Å². The Morgan fingerprint density at radius 2 is 1.85 bits per heavy atom. The fraction of sp³-hybridized carbons (Fsp3) is 0.353. The molecule has 2 unspecified atom stereocenters. The Kier molecular flexibility index (Phi) is 3.53. The van der Waals surface area contributed by atoms with E-state index in [0.717, 1.165) is 11.4 Å². The monoisotopic (exact) mass is 286 g/mol. The lowest BCUT2D eigenvalue weighted by molar-refractivity contribution is 0.397. The Bertz CT molecular complexity index is 595. The van der Waals surface area contributed by atoms with Crippen LogP contribution in [-0.4, -0.2) is 10.5 Å². The van der Waals surface area contributed by atoms with Crippen molar-refractivity contribution in [3.8, 4) is 0 Å². The van der Waals surface area contributed by atoms with E-state index in [1.165, 1.54) is 11.1 Å². The molecule has 1 aliphatic rings. The van der Waals surface area contributed by atoms with Gasteiger partial charge >= 0.3 is 0 Å². The van der Waals surface area contributed by atoms with E-state index < -0.39 is 0 Å². The van der Waals surface area contributed by atoms with Gasteiger partial charge in [0.15, 0.2) is 0 Å². The first-order chi connectivity index (χ1) is 9.58. The van der Waals surface area contributed by atoms with Crippen molar-refractivity contribution >= 4 is 11.6 Å². The summed E-state index contributed by atoms with van der Waals surface area (Å²) >= 11 is 6.34. The van der Waals surface area contributed by atoms with Crippen molar-refractivity contribution in [3.05, 3.63) is 64.9 Å². The summed E-state index contributed by atoms with van der Waals surface area (Å²) in [6.45, 7) is 4.52. The minimum atomic E-state index is 0.0468. The molecular formula is C17H19ClN2. The molecule has 1 N–H and O–H groups in total. The maximum atomic E-state index is 6.34. The predicted molar refractivity (Wildman–Crippen MR) is 83.0 cm³/mol. The van der Waals surface area contributed by atoms with Gasteiger partial charge in [-0.05, 0) is 49.6 Å². The van der Waals surface area contributed by atoms with Crippen LogP contribution in [0.3, 0.4) is 0 Å². The summed E-state index contributed by atoms with van der Waals surface area (Å²) in [5.74, 6) is 0.465. The molecule has 0 bridgehead atoms. The van der Waals surface area contributed by atoms with Gasteiger partial charge in [-0.25, -0.2) is 0 Å². The van der Waals surface area contributed by atoms with Crippen molar-refractivity contribution < 1.29 is 0 Å². The highest BCUT2D eigenvalue weighted by molar-refractivity contribution is 6.31. The molecule has 2 nitrogen and oxygen atoms in total. The number of pyridine rings is 1. The van der Waals surface area contributed by atoms with E-state index >= 15 is 0 Å². The van der Waals surface area contributed by atoms with E-state index in [-0.39, 0.29) is 5.54 Å². The molecule has 3 heteroatoms. The molecule has 2 atom stereocenters. The molecule has 1 fully saturated rings. The molecule has 1 aliphatic heterocycles. The molecule has 104 valence electrons. The Morgan fingerprint density at radius 1 is 1.15 bits per heavy atom. The quantitative estimate of drug-likeness (QED) is 0.889. The van der Waals surface area contributed by atoms with Crippen LogP contribution in [0, 0.1) is 0 Å². The molecule has 0 aliphatic carbocycles. The average Bonchev–Trinajstić information content (AvgIpc) is 2.76. The van der Waals surface area contributed by atoms with Crippen molar-refractivity contribution in [3.63, 3.8) is 0 Å². The van der Waals surface area contributed by atoms with Crippen molar-refractivity contribution in [2.75, 3.05) is 0 Å². The first-order valence-corrected chi connectivity index (χ1v) is 7.38. The van der Waals surface area contributed by atoms with Crippen molar-refractivity contribution in [1.29, 1.82) is 0 Å². The normalized spacial score (nSPS) is 24.8. The Hall–Kier alpha value is -1.38. The molecule has 2 aromatic rings. The zero-order chi connectivity index (χ0) is 14.2. The van der Waals surface area contributed by atoms with Gasteiger partial charge in [0.1, 0.15) is 0 Å². The summed E-state index contributed by atoms with van der Waals surface area (Å²) in [5, 5.41) is 4.57. The highest BCUT2D eigenvalue weighted by atomic mass is 35.5. The van der Waals surface area contributed by atoms with Gasteiger partial charge < -0.3 is 5.32 Å². The molecule has 0 radical (unpaired) electrons. The second-order valence-corrected chi connectivity index (χ2v) is 6.42. The number of halogens is 1. The second kappa shape index (κ2) is 5.19. The van der Waals surface area contributed by atoms with Crippen LogP contribution in [0.5, 0.6) is 0 Å². The van der Waals surface area contributed by atoms with E-state index in [9.17, 15) is 0 Å². The first-order valence-electron chi connectivity index (χ1n) is 7.00. The zero-order valence-electron chi connectivity index (χ0n) is 11.8. The molecule has 0 amide bonds. The second-order valence-electron chi connectivity index (χ2n) is 6.01. The number of aromatic nitrogens is 1. The third-order valence-corrected chi connectivity index (χ3v) is 4.62. The number of nitrogens with one attached hydrogen (secondary N) is 1. The largest absolute Gasteiger partial charge is 0.304 e. The molecule has 0 spiro atoms. The van der Waals surface area contributed by atoms with Gasteiger partial charge in [-0.1, -0.05) is 29.8 Å². The molecule has 0 saturated carbocycles. The lowest BCUT2D eigenvalue weighted by Gasteiger charge is -2.27. The third-order valence-electron chi connectivity index (χ3n) is 4.28. The number of hydrogen-bond acceptors (Lipinski definition) is 2. The minimum absolute atomic E-state index is 0.0468. The Morgan fingerprint density at radius 3 is 2.55 bits per heavy atom. The highest BCUT2D eigenvalue weighted by Crippen LogP contribution is 2.44. The van der Waals surface area contributed by atoms with Crippen LogP contribution in [-0.2, 0) is 0 Å². The minimum Gasteiger partial charge on any atom is -0.304 e. The van der Waals surface area contributed by atoms with Crippen molar-refractivity contribution in [2.24, 2.45) is 0 Å². The fourth-order valence-corrected chi connectivity index (χ4v) is 3.52. The van der Waals surface area contributed by atoms with Gasteiger partial charge in [0.2, 0.25) is 0 Å². The summed E-state index contributed by atoms with van der Waals surface area (Å²) in [6.07, 6.45) is 4.79. The number of benzene rings is 1. The highest BCUT2D eigenvalue weighted by Gasteiger charge is 2.41. The van der Waals surface area contributed by atoms with Gasteiger partial charge in [-0.3, -0.25) is 4.98 Å². The zero-order valence-corrected chi connectivity index (χ0v) is 12.6. The summed E-state index contributed by atoms with van der Waals surface area (Å²) in [6, 6.07) is 12.6. The summed E-state index contributed by atoms with van der Waals surface area (Å²) < 4.78 is 0. The lowest BCUT2D eigenvalue weighted by atomic mass is 9.83. The van der Waals surface area contributed by atoms with Crippen molar-refractivity contribution in [2.45, 2.75) is 37.8 Å². The molecule has 1 aromatic heterocycles. The lowest BCUT2D eigenvalue weighted by Crippen LogP contribution is -2.37. The van der Waals surface area contributed by atoms with Gasteiger partial charge in [0.25, 0.3) is 0 Å². The van der Waals surface area contributed by atoms with E-state index in [2.05, 4.69) is 48.4 Å². The van der Waals surface area contributed by atoms with Gasteiger partial charge in [-0.15, -0.1) is 0 Å². The van der Waals surface area contributed by atoms with Crippen LogP contribution in [0.2, 0.25) is 5.02 Å². The molecular weight excluding hydrogens is 268 g/mol. The predicted octanol–water partition coefficient (Wildman–Crippen LogP) is 4.33. The van der Waals surface area contributed by atoms with Crippen LogP contribution < -0.4 is 5.32 Å². The first kappa shape index (κ1) is 13.6. The maximum absolute atomic E-state index is 6.34. The Balaban J connectivity index is 1.91. The summed E-state index contributed by atoms with van der Waals surface area (Å²) in [5.41, 5.74) is 2.58. The van der Waals surface area contributed by atoms with Crippen LogP contribution in [0.4, 0.5) is 0 Å². The van der Waals surface area contributed by atoms with E-state index in [4.69, 9.17) is 11.6 Å². The molecule has 1 aromatic carbocycles. The fourth-order valence-electron chi connectivity index (χ4n) is 3.25. The average molecular weight is 287 g/mol. The topological polar surface area (TPSA) is 24.9 Å². The van der Waals surface area contributed by atoms with Gasteiger partial charge in [0, 0.05) is 34.9 Å². The third kappa shape index (κ3) is 2.46. The van der Waals surface area contributed by atoms with Crippen LogP contribution >= 0.6 is 11.6 Å². The number of rotatable bonds is 2. The standard InChI is InChI=1S/C17H19ClN2/c1-17(2)14(12-7-9-19-10-8-12)11-16(20-17)13-5-3-4-6-15(13)18/h3-10,14,16,20H,11H2,1-2H3. The van der Waals surface area contributed by atoms with Crippen LogP contribution in [0.25, 0.3) is 0 Å². The SMILES string of the molecule is CC1(C)NC(c2ccccc2Cl)CC1c1ccncc1. The smallest absolute Gasteiger partial charge is 0.0453 e. The molecule has 3 rings (SSSR count). The number of nitrogens with zero attached hydrogens (tertiary/aromatic N) is 1. The summed E-state index contributed by atoms with van der Waals surface area (Å²) in [7, 11) is 0. The van der Waals surface area contributed by atoms with Crippen LogP contribution in [0.15, 0.2) is 48.8 Å². The van der Waals surface area contributed by atoms with Gasteiger partial charge in [0.05, 0.1) is 0 Å². The summed E-state index contributed by atoms with van der Waals surface area (Å²) in [4.78, 5) is 4.11. The molecule has 1 saturated heterocycles. The van der Waals surface area contributed by atoms with Crippen LogP contribution in [0.1, 0.15) is 43.4 Å². The van der Waals surface area contributed by atoms with Gasteiger partial charge in [-0.2, -0.15) is 0 Å².